The number of carbonyl (C=O) groups excluding carboxylic acids is 2. The molecule has 1 aromatic carbocycles. The van der Waals surface area contributed by atoms with Crippen molar-refractivity contribution in [2.24, 2.45) is 11.8 Å². The van der Waals surface area contributed by atoms with Gasteiger partial charge in [0.1, 0.15) is 11.4 Å². The van der Waals surface area contributed by atoms with Gasteiger partial charge in [0.15, 0.2) is 6.79 Å². The topological polar surface area (TPSA) is 83.5 Å². The van der Waals surface area contributed by atoms with E-state index in [-0.39, 0.29) is 43.5 Å². The van der Waals surface area contributed by atoms with E-state index in [1.807, 2.05) is 0 Å². The minimum absolute atomic E-state index is 0.0112. The number of ether oxygens (including phenoxy) is 5. The number of amides is 1. The van der Waals surface area contributed by atoms with Crippen LogP contribution in [0.1, 0.15) is 45.7 Å². The Morgan fingerprint density at radius 3 is 2.45 bits per heavy atom. The zero-order chi connectivity index (χ0) is 24.8. The van der Waals surface area contributed by atoms with E-state index in [1.165, 1.54) is 14.2 Å². The van der Waals surface area contributed by atoms with Crippen molar-refractivity contribution >= 4 is 35.3 Å². The van der Waals surface area contributed by atoms with Gasteiger partial charge >= 0.3 is 12.1 Å². The first-order chi connectivity index (χ1) is 15.5. The van der Waals surface area contributed by atoms with E-state index in [2.05, 4.69) is 0 Å². The molecule has 0 radical (unpaired) electrons. The Bertz CT molecular complexity index is 828. The number of benzene rings is 1. The van der Waals surface area contributed by atoms with Crippen molar-refractivity contribution in [2.45, 2.75) is 45.8 Å². The van der Waals surface area contributed by atoms with E-state index in [9.17, 15) is 9.59 Å². The Hall–Kier alpha value is -1.74. The third-order valence-corrected chi connectivity index (χ3v) is 6.04. The minimum Gasteiger partial charge on any atom is -0.467 e. The highest BCUT2D eigenvalue weighted by atomic mass is 35.5. The predicted octanol–water partition coefficient (Wildman–Crippen LogP) is 5.10. The van der Waals surface area contributed by atoms with Crippen LogP contribution in [0.2, 0.25) is 10.0 Å². The summed E-state index contributed by atoms with van der Waals surface area (Å²) in [6.07, 6.45) is -0.112. The summed E-state index contributed by atoms with van der Waals surface area (Å²) >= 11 is 12.9. The average Bonchev–Trinajstić information content (AvgIpc) is 3.16. The fourth-order valence-electron chi connectivity index (χ4n) is 3.89. The molecule has 1 aromatic rings. The van der Waals surface area contributed by atoms with E-state index >= 15 is 0 Å². The normalized spacial score (nSPS) is 19.3. The van der Waals surface area contributed by atoms with Crippen LogP contribution in [-0.2, 0) is 23.7 Å². The van der Waals surface area contributed by atoms with Crippen molar-refractivity contribution in [3.8, 4) is 5.75 Å². The van der Waals surface area contributed by atoms with Crippen LogP contribution in [0.15, 0.2) is 12.1 Å². The maximum atomic E-state index is 13.2. The molecule has 0 aromatic heterocycles. The summed E-state index contributed by atoms with van der Waals surface area (Å²) in [6.45, 7) is 7.77. The molecule has 186 valence electrons. The largest absolute Gasteiger partial charge is 0.467 e. The third-order valence-electron chi connectivity index (χ3n) is 5.22. The van der Waals surface area contributed by atoms with Gasteiger partial charge in [-0.3, -0.25) is 4.79 Å². The molecule has 0 saturated carbocycles. The first-order valence-electron chi connectivity index (χ1n) is 10.8. The number of rotatable bonds is 9. The molecule has 0 aliphatic carbocycles. The Labute approximate surface area is 205 Å². The van der Waals surface area contributed by atoms with Gasteiger partial charge in [-0.1, -0.05) is 23.2 Å². The van der Waals surface area contributed by atoms with Crippen LogP contribution in [-0.4, -0.2) is 63.3 Å². The van der Waals surface area contributed by atoms with E-state index in [1.54, 1.807) is 44.7 Å². The van der Waals surface area contributed by atoms with E-state index < -0.39 is 23.7 Å². The summed E-state index contributed by atoms with van der Waals surface area (Å²) in [6, 6.07) is 2.76. The smallest absolute Gasteiger partial charge is 0.410 e. The molecular formula is C23H33Cl2NO7. The van der Waals surface area contributed by atoms with Crippen molar-refractivity contribution in [1.29, 1.82) is 0 Å². The van der Waals surface area contributed by atoms with Gasteiger partial charge in [0.25, 0.3) is 0 Å². The van der Waals surface area contributed by atoms with Crippen LogP contribution in [0, 0.1) is 11.8 Å². The fraction of sp³-hybridized carbons (Fsp3) is 0.652. The highest BCUT2D eigenvalue weighted by molar-refractivity contribution is 6.42. The minimum atomic E-state index is -0.708. The third kappa shape index (κ3) is 7.12. The molecule has 8 nitrogen and oxygen atoms in total. The molecule has 3 atom stereocenters. The van der Waals surface area contributed by atoms with Crippen LogP contribution in [0.25, 0.3) is 0 Å². The molecule has 0 bridgehead atoms. The molecule has 2 unspecified atom stereocenters. The van der Waals surface area contributed by atoms with Gasteiger partial charge < -0.3 is 28.6 Å². The Morgan fingerprint density at radius 2 is 1.88 bits per heavy atom. The highest BCUT2D eigenvalue weighted by Crippen LogP contribution is 2.47. The summed E-state index contributed by atoms with van der Waals surface area (Å²) in [5.74, 6) is -0.759. The average molecular weight is 506 g/mol. The monoisotopic (exact) mass is 505 g/mol. The van der Waals surface area contributed by atoms with Crippen LogP contribution < -0.4 is 4.74 Å². The lowest BCUT2D eigenvalue weighted by Gasteiger charge is -2.30. The standard InChI is InChI=1S/C23H33Cl2NO7/c1-7-31-21(27)15(12-29-5)14-10-17(26(11-14)22(28)33-23(2,3)4)19-18(32-13-30-6)9-8-16(24)20(19)25/h8-9,14-15,17H,7,10-13H2,1-6H3/t14?,15?,17-/m0/s1. The first kappa shape index (κ1) is 27.5. The zero-order valence-corrected chi connectivity index (χ0v) is 21.5. The number of methoxy groups -OCH3 is 2. The molecule has 1 aliphatic rings. The number of nitrogens with zero attached hydrogens (tertiary/aromatic N) is 1. The molecule has 10 heteroatoms. The van der Waals surface area contributed by atoms with Crippen LogP contribution in [0.5, 0.6) is 5.75 Å². The molecule has 1 heterocycles. The number of hydrogen-bond donors (Lipinski definition) is 0. The molecule has 1 amide bonds. The van der Waals surface area contributed by atoms with Crippen molar-refractivity contribution in [3.63, 3.8) is 0 Å². The summed E-state index contributed by atoms with van der Waals surface area (Å²) < 4.78 is 27.0. The molecule has 0 N–H and O–H groups in total. The van der Waals surface area contributed by atoms with Gasteiger partial charge in [0.2, 0.25) is 0 Å². The van der Waals surface area contributed by atoms with Crippen LogP contribution in [0.3, 0.4) is 0 Å². The molecule has 1 fully saturated rings. The fourth-order valence-corrected chi connectivity index (χ4v) is 4.34. The second-order valence-electron chi connectivity index (χ2n) is 8.78. The second kappa shape index (κ2) is 12.1. The van der Waals surface area contributed by atoms with Gasteiger partial charge in [-0.2, -0.15) is 0 Å². The Kier molecular flexibility index (Phi) is 10.1. The van der Waals surface area contributed by atoms with Crippen molar-refractivity contribution in [2.75, 3.05) is 40.8 Å². The van der Waals surface area contributed by atoms with Crippen molar-refractivity contribution in [1.82, 2.24) is 4.90 Å². The summed E-state index contributed by atoms with van der Waals surface area (Å²) in [5.41, 5.74) is -0.171. The number of likely N-dealkylation sites (tertiary alicyclic amines) is 1. The van der Waals surface area contributed by atoms with E-state index in [0.29, 0.717) is 22.8 Å². The number of hydrogen-bond acceptors (Lipinski definition) is 7. The van der Waals surface area contributed by atoms with Gasteiger partial charge in [-0.25, -0.2) is 4.79 Å². The highest BCUT2D eigenvalue weighted by Gasteiger charge is 2.45. The lowest BCUT2D eigenvalue weighted by atomic mass is 9.89. The summed E-state index contributed by atoms with van der Waals surface area (Å²) in [4.78, 5) is 27.4. The maximum Gasteiger partial charge on any atom is 0.410 e. The lowest BCUT2D eigenvalue weighted by Crippen LogP contribution is -2.38. The van der Waals surface area contributed by atoms with E-state index in [0.717, 1.165) is 0 Å². The van der Waals surface area contributed by atoms with Gasteiger partial charge in [0.05, 0.1) is 35.2 Å². The maximum absolute atomic E-state index is 13.2. The van der Waals surface area contributed by atoms with Crippen LogP contribution in [0.4, 0.5) is 4.79 Å². The van der Waals surface area contributed by atoms with Gasteiger partial charge in [-0.15, -0.1) is 0 Å². The quantitative estimate of drug-likeness (QED) is 0.340. The van der Waals surface area contributed by atoms with Gasteiger partial charge in [-0.05, 0) is 52.2 Å². The lowest BCUT2D eigenvalue weighted by molar-refractivity contribution is -0.152. The second-order valence-corrected chi connectivity index (χ2v) is 9.57. The molecule has 0 spiro atoms. The van der Waals surface area contributed by atoms with Crippen molar-refractivity contribution < 1.29 is 33.3 Å². The molecule has 2 rings (SSSR count). The first-order valence-corrected chi connectivity index (χ1v) is 11.5. The van der Waals surface area contributed by atoms with Crippen molar-refractivity contribution in [3.05, 3.63) is 27.7 Å². The molecular weight excluding hydrogens is 473 g/mol. The predicted molar refractivity (Wildman–Crippen MR) is 125 cm³/mol. The SMILES string of the molecule is CCOC(=O)C(COC)C1C[C@@H](c2c(OCOC)ccc(Cl)c2Cl)N(C(=O)OC(C)(C)C)C1. The summed E-state index contributed by atoms with van der Waals surface area (Å²) in [7, 11) is 3.03. The molecule has 1 aliphatic heterocycles. The Morgan fingerprint density at radius 1 is 1.18 bits per heavy atom. The molecule has 33 heavy (non-hydrogen) atoms. The van der Waals surface area contributed by atoms with E-state index in [4.69, 9.17) is 46.9 Å². The zero-order valence-electron chi connectivity index (χ0n) is 20.0. The molecule has 1 saturated heterocycles. The number of esters is 1. The number of carbonyl (C=O) groups is 2. The van der Waals surface area contributed by atoms with Crippen LogP contribution >= 0.6 is 23.2 Å². The summed E-state index contributed by atoms with van der Waals surface area (Å²) in [5, 5.41) is 0.590. The Balaban J connectivity index is 2.51. The van der Waals surface area contributed by atoms with Gasteiger partial charge in [0, 0.05) is 26.3 Å². The number of halogens is 2.